The van der Waals surface area contributed by atoms with Gasteiger partial charge in [-0.25, -0.2) is 42.8 Å². The maximum absolute atomic E-state index is 13.8. The fourth-order valence-corrected chi connectivity index (χ4v) is 15.5. The number of piperidine rings is 2. The molecule has 2 atom stereocenters. The van der Waals surface area contributed by atoms with Crippen LogP contribution in [0.4, 0.5) is 17.6 Å². The molecule has 4 aromatic heterocycles. The van der Waals surface area contributed by atoms with Gasteiger partial charge in [-0.3, -0.25) is 33.6 Å². The number of fused-ring (bicyclic) bond motifs is 8. The van der Waals surface area contributed by atoms with Crippen LogP contribution >= 0.6 is 15.9 Å². The Balaban J connectivity index is 0.000000125. The van der Waals surface area contributed by atoms with E-state index in [1.807, 2.05) is 210 Å². The number of nitrogens with one attached hydrogen (secondary N) is 5. The van der Waals surface area contributed by atoms with Gasteiger partial charge in [-0.15, -0.1) is 0 Å². The molecule has 3 aliphatic heterocycles. The predicted octanol–water partition coefficient (Wildman–Crippen LogP) is 18.5. The Hall–Kier alpha value is -13.3. The van der Waals surface area contributed by atoms with Crippen molar-refractivity contribution in [2.75, 3.05) is 26.2 Å². The molecule has 0 spiro atoms. The molecule has 3 saturated heterocycles. The van der Waals surface area contributed by atoms with Gasteiger partial charge in [0, 0.05) is 93.6 Å². The van der Waals surface area contributed by atoms with Gasteiger partial charge >= 0.3 is 13.1 Å². The van der Waals surface area contributed by atoms with E-state index in [0.717, 1.165) is 114 Å². The largest absolute Gasteiger partial charge is 0.495 e. The van der Waals surface area contributed by atoms with E-state index in [9.17, 15) is 55.9 Å². The van der Waals surface area contributed by atoms with Gasteiger partial charge in [0.15, 0.2) is 11.6 Å². The SMILES string of the molecule is CC(=O)c1ccc2c(-c3ccc4c(=O)[nH]ncc4c3)cccc2c1.CC(=O)c1ccc2c(B3OC(C)(C)C(C)(C)O3)cccc2c1.CC1CN(C(=O)c2ccc3c(-c4ccc5c(=O)[nH]ncc5c4)cccc3c2)CCC1(F)F.CC1CNCCC1(F)F.O=C(O)c1ccc2c(-c3ccc4c(=O)[nH]ncc4c3)cccc2c1.O=c1[nH]ncc2cc(Br)ccc12. The Morgan fingerprint density at radius 2 is 0.789 bits per heavy atom. The minimum Gasteiger partial charge on any atom is -0.478 e. The van der Waals surface area contributed by atoms with E-state index in [0.29, 0.717) is 45.8 Å². The van der Waals surface area contributed by atoms with Crippen molar-refractivity contribution < 1.29 is 51.2 Å². The summed E-state index contributed by atoms with van der Waals surface area (Å²) in [6.45, 7) is 15.4. The molecule has 0 saturated carbocycles. The van der Waals surface area contributed by atoms with Crippen molar-refractivity contribution in [3.8, 4) is 33.4 Å². The number of nitrogens with zero attached hydrogens (tertiary/aromatic N) is 5. The lowest BCUT2D eigenvalue weighted by Gasteiger charge is -2.36. The first kappa shape index (κ1) is 86.1. The van der Waals surface area contributed by atoms with E-state index >= 15 is 0 Å². The second-order valence-electron chi connectivity index (χ2n) is 31.7. The molecule has 0 aliphatic carbocycles. The number of hydrogen-bond donors (Lipinski definition) is 6. The molecular weight excluding hydrogens is 1640 g/mol. The molecule has 16 aromatic rings. The average Bonchev–Trinajstić information content (AvgIpc) is 1.76. The third-order valence-corrected chi connectivity index (χ3v) is 23.4. The Bertz CT molecular complexity index is 6880. The van der Waals surface area contributed by atoms with E-state index in [2.05, 4.69) is 62.0 Å². The van der Waals surface area contributed by atoms with Crippen LogP contribution in [0.5, 0.6) is 0 Å². The number of H-pyrrole nitrogens is 4. The molecule has 27 heteroatoms. The third kappa shape index (κ3) is 18.9. The highest BCUT2D eigenvalue weighted by Gasteiger charge is 2.52. The first-order valence-corrected chi connectivity index (χ1v) is 40.5. The molecule has 0 radical (unpaired) electrons. The summed E-state index contributed by atoms with van der Waals surface area (Å²) >= 11 is 3.32. The van der Waals surface area contributed by atoms with Gasteiger partial charge < -0.3 is 24.6 Å². The summed E-state index contributed by atoms with van der Waals surface area (Å²) in [6, 6.07) is 67.9. The molecule has 7 heterocycles. The summed E-state index contributed by atoms with van der Waals surface area (Å²) in [5.41, 5.74) is 7.55. The molecule has 12 aromatic carbocycles. The van der Waals surface area contributed by atoms with Gasteiger partial charge in [0.1, 0.15) is 0 Å². The number of aromatic carboxylic acids is 1. The van der Waals surface area contributed by atoms with Crippen molar-refractivity contribution in [2.24, 2.45) is 11.8 Å². The van der Waals surface area contributed by atoms with Crippen LogP contribution in [0, 0.1) is 11.8 Å². The highest BCUT2D eigenvalue weighted by Crippen LogP contribution is 2.40. The number of halogens is 5. The highest BCUT2D eigenvalue weighted by atomic mass is 79.9. The monoisotopic (exact) mass is 1720 g/mol. The summed E-state index contributed by atoms with van der Waals surface area (Å²) in [6.07, 6.45) is 6.20. The summed E-state index contributed by atoms with van der Waals surface area (Å²) < 4.78 is 66.0. The number of aromatic amines is 4. The van der Waals surface area contributed by atoms with Crippen molar-refractivity contribution in [2.45, 2.75) is 91.3 Å². The van der Waals surface area contributed by atoms with Crippen LogP contribution in [0.3, 0.4) is 0 Å². The van der Waals surface area contributed by atoms with E-state index in [-0.39, 0.29) is 82.4 Å². The van der Waals surface area contributed by atoms with E-state index in [1.165, 1.54) is 11.8 Å². The van der Waals surface area contributed by atoms with Crippen LogP contribution in [-0.4, -0.2) is 131 Å². The summed E-state index contributed by atoms with van der Waals surface area (Å²) in [4.78, 5) is 95.4. The number of aromatic nitrogens is 8. The average molecular weight is 1720 g/mol. The lowest BCUT2D eigenvalue weighted by Crippen LogP contribution is -2.48. The fourth-order valence-electron chi connectivity index (χ4n) is 15.1. The second kappa shape index (κ2) is 35.8. The fraction of sp³-hybridized carbons (Fsp3) is 0.208. The molecule has 0 bridgehead atoms. The molecule has 6 N–H and O–H groups in total. The molecule has 3 aliphatic rings. The number of rotatable bonds is 8. The van der Waals surface area contributed by atoms with E-state index < -0.39 is 36.8 Å². The number of alkyl halides is 4. The maximum atomic E-state index is 13.8. The molecule has 2 unspecified atom stereocenters. The molecule has 19 rings (SSSR count). The Labute approximate surface area is 710 Å². The number of carboxylic acid groups (broad SMARTS) is 1. The number of hydrogen-bond acceptors (Lipinski definition) is 15. The van der Waals surface area contributed by atoms with Crippen LogP contribution in [-0.2, 0) is 9.31 Å². The number of benzene rings is 12. The molecule has 123 heavy (non-hydrogen) atoms. The van der Waals surface area contributed by atoms with Crippen molar-refractivity contribution >= 4 is 138 Å². The number of ketones is 2. The Kier molecular flexibility index (Phi) is 25.0. The van der Waals surface area contributed by atoms with Crippen molar-refractivity contribution in [3.63, 3.8) is 0 Å². The first-order chi connectivity index (χ1) is 58.7. The summed E-state index contributed by atoms with van der Waals surface area (Å²) in [5.74, 6) is -7.55. The highest BCUT2D eigenvalue weighted by molar-refractivity contribution is 9.10. The standard InChI is InChI=1S/C25H21F2N3O2.C20H14N2O2.C19H12N2O3.C18H21BO3.C8H5BrN2O.C6H11F2N/c1-15-14-30(10-9-25(15,26)27)24(32)18-6-7-21-16(11-18)3-2-4-20(21)17-5-8-22-19(12-17)13-28-29-23(22)31;1-12(23)13-5-7-18-14(9-13)3-2-4-17(18)15-6-8-19-16(10-15)11-21-22-20(19)24;22-18-17-7-4-12(9-14(17)10-20-21-18)15-3-1-2-11-8-13(19(23)24)5-6-16(11)15;1-12(20)13-9-10-15-14(11-13)7-6-8-16(15)19-21-17(2,3)18(4,5)22-19;9-6-1-2-7-5(3-6)4-10-11-8(7)12;1-5-4-9-3-2-6(5,7)8/h2-8,11-13,15H,9-10,14H2,1H3,(H,29,31);2-11H,1H3,(H,22,24);1-10H,(H,21,22)(H,23,24);6-11H,1-5H3;1-4H,(H,11,12);5,9H,2-4H2,1H3. The van der Waals surface area contributed by atoms with Crippen molar-refractivity contribution in [1.29, 1.82) is 0 Å². The lowest BCUT2D eigenvalue weighted by atomic mass is 9.76. The van der Waals surface area contributed by atoms with Gasteiger partial charge in [-0.2, -0.15) is 20.4 Å². The molecule has 1 amide bonds. The number of likely N-dealkylation sites (tertiary alicyclic amines) is 1. The van der Waals surface area contributed by atoms with Gasteiger partial charge in [0.05, 0.1) is 63.1 Å². The van der Waals surface area contributed by atoms with Crippen LogP contribution in [0.1, 0.15) is 110 Å². The molecule has 21 nitrogen and oxygen atoms in total. The zero-order valence-corrected chi connectivity index (χ0v) is 69.8. The smallest absolute Gasteiger partial charge is 0.478 e. The topological polar surface area (TPSA) is 305 Å². The summed E-state index contributed by atoms with van der Waals surface area (Å²) in [5, 5.41) is 50.4. The number of Topliss-reactive ketones (excluding diaryl/α,β-unsaturated/α-hetero) is 2. The number of carboxylic acids is 1. The van der Waals surface area contributed by atoms with Crippen LogP contribution in [0.25, 0.3) is 120 Å². The van der Waals surface area contributed by atoms with Gasteiger partial charge in [-0.05, 0) is 214 Å². The van der Waals surface area contributed by atoms with E-state index in [4.69, 9.17) is 14.4 Å². The van der Waals surface area contributed by atoms with E-state index in [1.54, 1.807) is 82.0 Å². The van der Waals surface area contributed by atoms with Crippen LogP contribution in [0.15, 0.2) is 267 Å². The quantitative estimate of drug-likeness (QED) is 0.0468. The van der Waals surface area contributed by atoms with Crippen LogP contribution in [0.2, 0.25) is 0 Å². The van der Waals surface area contributed by atoms with Crippen molar-refractivity contribution in [1.82, 2.24) is 51.0 Å². The number of carbonyl (C=O) groups is 4. The Morgan fingerprint density at radius 1 is 0.431 bits per heavy atom. The summed E-state index contributed by atoms with van der Waals surface area (Å²) in [7, 11) is -0.392. The predicted molar refractivity (Wildman–Crippen MR) is 479 cm³/mol. The first-order valence-electron chi connectivity index (χ1n) is 39.8. The third-order valence-electron chi connectivity index (χ3n) is 23.0. The second-order valence-corrected chi connectivity index (χ2v) is 32.6. The lowest BCUT2D eigenvalue weighted by molar-refractivity contribution is -0.0921. The molecular formula is C96H84BBrF4N10O11. The van der Waals surface area contributed by atoms with Crippen molar-refractivity contribution in [3.05, 3.63) is 311 Å². The Morgan fingerprint density at radius 3 is 1.19 bits per heavy atom. The van der Waals surface area contributed by atoms with Gasteiger partial charge in [0.2, 0.25) is 0 Å². The minimum absolute atomic E-state index is 0.00579. The number of carbonyl (C=O) groups excluding carboxylic acids is 3. The zero-order chi connectivity index (χ0) is 87.4. The zero-order valence-electron chi connectivity index (χ0n) is 68.2. The van der Waals surface area contributed by atoms with Gasteiger partial charge in [0.25, 0.3) is 40.0 Å². The minimum atomic E-state index is -2.73. The van der Waals surface area contributed by atoms with Gasteiger partial charge in [-0.1, -0.05) is 157 Å². The molecule has 3 fully saturated rings. The molecule has 622 valence electrons. The normalized spacial score (nSPS) is 16.1. The number of amides is 1. The maximum Gasteiger partial charge on any atom is 0.495 e. The van der Waals surface area contributed by atoms with Crippen LogP contribution < -0.4 is 33.0 Å².